The minimum absolute atomic E-state index is 0.245. The Morgan fingerprint density at radius 1 is 1.12 bits per heavy atom. The van der Waals surface area contributed by atoms with Crippen LogP contribution in [0, 0.1) is 17.3 Å². The van der Waals surface area contributed by atoms with Gasteiger partial charge in [0.05, 0.1) is 7.11 Å². The lowest BCUT2D eigenvalue weighted by molar-refractivity contribution is -0.137. The largest absolute Gasteiger partial charge is 0.469 e. The van der Waals surface area contributed by atoms with Crippen LogP contribution < -0.4 is 0 Å². The molecule has 2 heteroatoms. The van der Waals surface area contributed by atoms with Crippen LogP contribution in [0.15, 0.2) is 0 Å². The third-order valence-corrected chi connectivity index (χ3v) is 4.60. The molecule has 0 aromatic rings. The molecule has 0 amide bonds. The molecule has 0 aliphatic heterocycles. The van der Waals surface area contributed by atoms with Gasteiger partial charge in [-0.25, -0.2) is 0 Å². The van der Waals surface area contributed by atoms with Gasteiger partial charge in [0.2, 0.25) is 0 Å². The summed E-state index contributed by atoms with van der Waals surface area (Å²) in [5, 5.41) is 0. The summed E-state index contributed by atoms with van der Waals surface area (Å²) < 4.78 is 4.11. The topological polar surface area (TPSA) is 26.3 Å². The minimum atomic E-state index is -0.245. The number of carbonyl (C=O) groups excluding carboxylic acids is 1. The Bertz CT molecular complexity index is 243. The summed E-state index contributed by atoms with van der Waals surface area (Å²) in [4.78, 5) is 9.59. The molecule has 0 N–H and O–H groups in total. The molecule has 100 valence electrons. The first-order valence-corrected chi connectivity index (χ1v) is 7.02. The van der Waals surface area contributed by atoms with Crippen molar-refractivity contribution in [3.63, 3.8) is 0 Å². The van der Waals surface area contributed by atoms with E-state index < -0.39 is 0 Å². The molecule has 0 saturated heterocycles. The second kappa shape index (κ2) is 6.42. The van der Waals surface area contributed by atoms with Gasteiger partial charge < -0.3 is 4.74 Å². The molecule has 2 fully saturated rings. The molecule has 17 heavy (non-hydrogen) atoms. The third kappa shape index (κ3) is 4.33. The number of carbonyl (C=O) groups is 1. The lowest BCUT2D eigenvalue weighted by Gasteiger charge is -2.46. The summed E-state index contributed by atoms with van der Waals surface area (Å²) in [6, 6.07) is 0. The molecule has 2 unspecified atom stereocenters. The minimum Gasteiger partial charge on any atom is -0.469 e. The zero-order valence-electron chi connectivity index (χ0n) is 11.9. The zero-order valence-corrected chi connectivity index (χ0v) is 11.9. The van der Waals surface area contributed by atoms with Crippen LogP contribution in [-0.2, 0) is 9.53 Å². The summed E-state index contributed by atoms with van der Waals surface area (Å²) in [5.74, 6) is 1.92. The fourth-order valence-electron chi connectivity index (χ4n) is 3.59. The summed E-state index contributed by atoms with van der Waals surface area (Å²) in [6.45, 7) is 6.35. The van der Waals surface area contributed by atoms with E-state index in [9.17, 15) is 4.79 Å². The summed E-state index contributed by atoms with van der Waals surface area (Å²) in [6.07, 6.45) is 10.6. The molecule has 2 saturated carbocycles. The van der Waals surface area contributed by atoms with Gasteiger partial charge in [-0.1, -0.05) is 46.0 Å². The van der Waals surface area contributed by atoms with Crippen LogP contribution in [-0.4, -0.2) is 13.1 Å². The van der Waals surface area contributed by atoms with Gasteiger partial charge in [0.25, 0.3) is 0 Å². The van der Waals surface area contributed by atoms with Crippen LogP contribution in [0.5, 0.6) is 0 Å². The van der Waals surface area contributed by atoms with Crippen molar-refractivity contribution in [3.05, 3.63) is 0 Å². The second-order valence-corrected chi connectivity index (χ2v) is 6.23. The normalized spacial score (nSPS) is 30.6. The van der Waals surface area contributed by atoms with Crippen molar-refractivity contribution in [2.24, 2.45) is 17.3 Å². The SMILES string of the molecule is CC1(C)CCCC2CCCCC21.COC(C)=O. The van der Waals surface area contributed by atoms with Crippen molar-refractivity contribution < 1.29 is 9.53 Å². The van der Waals surface area contributed by atoms with Crippen LogP contribution in [0.3, 0.4) is 0 Å². The average Bonchev–Trinajstić information content (AvgIpc) is 2.30. The van der Waals surface area contributed by atoms with Crippen molar-refractivity contribution in [2.45, 2.75) is 65.7 Å². The second-order valence-electron chi connectivity index (χ2n) is 6.23. The Hall–Kier alpha value is -0.530. The van der Waals surface area contributed by atoms with Crippen LogP contribution in [0.1, 0.15) is 65.7 Å². The Labute approximate surface area is 106 Å². The predicted octanol–water partition coefficient (Wildman–Crippen LogP) is 4.18. The number of rotatable bonds is 0. The molecule has 2 aliphatic rings. The number of methoxy groups -OCH3 is 1. The predicted molar refractivity (Wildman–Crippen MR) is 70.8 cm³/mol. The lowest BCUT2D eigenvalue weighted by atomic mass is 9.59. The summed E-state index contributed by atoms with van der Waals surface area (Å²) >= 11 is 0. The van der Waals surface area contributed by atoms with Gasteiger partial charge in [0.1, 0.15) is 0 Å². The average molecular weight is 240 g/mol. The molecule has 0 spiro atoms. The molecule has 0 heterocycles. The molecule has 2 atom stereocenters. The van der Waals surface area contributed by atoms with E-state index in [2.05, 4.69) is 18.6 Å². The van der Waals surface area contributed by atoms with E-state index in [4.69, 9.17) is 0 Å². The summed E-state index contributed by atoms with van der Waals surface area (Å²) in [7, 11) is 1.35. The quantitative estimate of drug-likeness (QED) is 0.594. The highest BCUT2D eigenvalue weighted by molar-refractivity contribution is 5.65. The Morgan fingerprint density at radius 2 is 1.65 bits per heavy atom. The molecule has 2 aliphatic carbocycles. The van der Waals surface area contributed by atoms with Gasteiger partial charge in [-0.15, -0.1) is 0 Å². The summed E-state index contributed by atoms with van der Waals surface area (Å²) in [5.41, 5.74) is 0.670. The number of fused-ring (bicyclic) bond motifs is 1. The first-order chi connectivity index (χ1) is 7.97. The third-order valence-electron chi connectivity index (χ3n) is 4.60. The molecule has 0 aromatic heterocycles. The van der Waals surface area contributed by atoms with Crippen molar-refractivity contribution >= 4 is 5.97 Å². The molecule has 0 bridgehead atoms. The molecular formula is C15H28O2. The Balaban J connectivity index is 0.000000249. The molecular weight excluding hydrogens is 212 g/mol. The molecule has 0 radical (unpaired) electrons. The monoisotopic (exact) mass is 240 g/mol. The van der Waals surface area contributed by atoms with Crippen molar-refractivity contribution in [2.75, 3.05) is 7.11 Å². The maximum absolute atomic E-state index is 9.59. The zero-order chi connectivity index (χ0) is 12.9. The maximum atomic E-state index is 9.59. The maximum Gasteiger partial charge on any atom is 0.302 e. The van der Waals surface area contributed by atoms with Crippen LogP contribution in [0.25, 0.3) is 0 Å². The van der Waals surface area contributed by atoms with E-state index >= 15 is 0 Å². The van der Waals surface area contributed by atoms with Crippen molar-refractivity contribution in [1.29, 1.82) is 0 Å². The van der Waals surface area contributed by atoms with E-state index in [-0.39, 0.29) is 5.97 Å². The molecule has 2 nitrogen and oxygen atoms in total. The lowest BCUT2D eigenvalue weighted by Crippen LogP contribution is -2.36. The highest BCUT2D eigenvalue weighted by atomic mass is 16.5. The van der Waals surface area contributed by atoms with Gasteiger partial charge in [-0.2, -0.15) is 0 Å². The van der Waals surface area contributed by atoms with Crippen LogP contribution in [0.2, 0.25) is 0 Å². The number of hydrogen-bond acceptors (Lipinski definition) is 2. The van der Waals surface area contributed by atoms with Gasteiger partial charge >= 0.3 is 5.97 Å². The molecule has 0 aromatic carbocycles. The van der Waals surface area contributed by atoms with Gasteiger partial charge in [0, 0.05) is 6.92 Å². The number of hydrogen-bond donors (Lipinski definition) is 0. The Kier molecular flexibility index (Phi) is 5.48. The van der Waals surface area contributed by atoms with Crippen molar-refractivity contribution in [1.82, 2.24) is 0 Å². The van der Waals surface area contributed by atoms with Gasteiger partial charge in [-0.3, -0.25) is 4.79 Å². The first kappa shape index (κ1) is 14.5. The first-order valence-electron chi connectivity index (χ1n) is 7.02. The van der Waals surface area contributed by atoms with Crippen molar-refractivity contribution in [3.8, 4) is 0 Å². The molecule has 2 rings (SSSR count). The highest BCUT2D eigenvalue weighted by Crippen LogP contribution is 2.50. The van der Waals surface area contributed by atoms with Crippen LogP contribution in [0.4, 0.5) is 0 Å². The Morgan fingerprint density at radius 3 is 2.18 bits per heavy atom. The van der Waals surface area contributed by atoms with E-state index in [1.165, 1.54) is 59.0 Å². The standard InChI is InChI=1S/C12H22.C3H6O2/c1-12(2)9-5-7-10-6-3-4-8-11(10)12;1-3(4)5-2/h10-11H,3-9H2,1-2H3;1-2H3. The fraction of sp³-hybridized carbons (Fsp3) is 0.933. The fourth-order valence-corrected chi connectivity index (χ4v) is 3.59. The van der Waals surface area contributed by atoms with Gasteiger partial charge in [-0.05, 0) is 30.1 Å². The number of ether oxygens (including phenoxy) is 1. The van der Waals surface area contributed by atoms with Gasteiger partial charge in [0.15, 0.2) is 0 Å². The van der Waals surface area contributed by atoms with E-state index in [0.717, 1.165) is 11.8 Å². The smallest absolute Gasteiger partial charge is 0.302 e. The van der Waals surface area contributed by atoms with E-state index in [1.807, 2.05) is 0 Å². The number of esters is 1. The highest BCUT2D eigenvalue weighted by Gasteiger charge is 2.39. The van der Waals surface area contributed by atoms with Crippen LogP contribution >= 0.6 is 0 Å². The van der Waals surface area contributed by atoms with E-state index in [1.54, 1.807) is 0 Å². The van der Waals surface area contributed by atoms with E-state index in [0.29, 0.717) is 5.41 Å².